The highest BCUT2D eigenvalue weighted by Gasteiger charge is 2.42. The number of ether oxygens (including phenoxy) is 1. The summed E-state index contributed by atoms with van der Waals surface area (Å²) in [5.74, 6) is 1.88. The molecule has 0 aromatic heterocycles. The van der Waals surface area contributed by atoms with Crippen LogP contribution < -0.4 is 0 Å². The number of rotatable bonds is 1. The van der Waals surface area contributed by atoms with Gasteiger partial charge in [0.15, 0.2) is 5.71 Å². The van der Waals surface area contributed by atoms with Crippen LogP contribution in [0.3, 0.4) is 0 Å². The van der Waals surface area contributed by atoms with Gasteiger partial charge in [-0.15, -0.1) is 0 Å². The average molecular weight is 280 g/mol. The second kappa shape index (κ2) is 4.73. The molecular formula is C19H22NO+. The van der Waals surface area contributed by atoms with E-state index in [2.05, 4.69) is 68.0 Å². The summed E-state index contributed by atoms with van der Waals surface area (Å²) in [7, 11) is 2.15. The predicted octanol–water partition coefficient (Wildman–Crippen LogP) is 4.46. The quantitative estimate of drug-likeness (QED) is 0.692. The van der Waals surface area contributed by atoms with Gasteiger partial charge >= 0.3 is 0 Å². The lowest BCUT2D eigenvalue weighted by Crippen LogP contribution is -2.27. The van der Waals surface area contributed by atoms with Gasteiger partial charge in [0.05, 0.1) is 5.41 Å². The second-order valence-corrected chi connectivity index (χ2v) is 6.34. The summed E-state index contributed by atoms with van der Waals surface area (Å²) in [4.78, 5) is 0. The summed E-state index contributed by atoms with van der Waals surface area (Å²) >= 11 is 0. The minimum atomic E-state index is 0.0140. The van der Waals surface area contributed by atoms with E-state index in [0.717, 1.165) is 11.5 Å². The Morgan fingerprint density at radius 1 is 1.05 bits per heavy atom. The molecule has 0 N–H and O–H groups in total. The SMILES string of the molecule is CC1=CC(=CC2=[N+](C)c3ccccc3C2(C)C)C=C(C)O1. The Morgan fingerprint density at radius 3 is 2.29 bits per heavy atom. The number of allylic oxidation sites excluding steroid dienone is 6. The summed E-state index contributed by atoms with van der Waals surface area (Å²) in [6.45, 7) is 8.56. The van der Waals surface area contributed by atoms with Crippen LogP contribution in [-0.4, -0.2) is 17.3 Å². The van der Waals surface area contributed by atoms with E-state index in [1.54, 1.807) is 0 Å². The fourth-order valence-corrected chi connectivity index (χ4v) is 3.32. The van der Waals surface area contributed by atoms with Gasteiger partial charge in [0.25, 0.3) is 0 Å². The molecule has 0 radical (unpaired) electrons. The Kier molecular flexibility index (Phi) is 3.12. The van der Waals surface area contributed by atoms with E-state index in [-0.39, 0.29) is 5.41 Å². The van der Waals surface area contributed by atoms with Gasteiger partial charge < -0.3 is 4.74 Å². The molecule has 0 unspecified atom stereocenters. The van der Waals surface area contributed by atoms with Gasteiger partial charge in [0.2, 0.25) is 5.69 Å². The molecule has 2 heteroatoms. The third kappa shape index (κ3) is 2.25. The Hall–Kier alpha value is -2.09. The van der Waals surface area contributed by atoms with Crippen molar-refractivity contribution in [1.82, 2.24) is 0 Å². The molecule has 0 fully saturated rings. The van der Waals surface area contributed by atoms with E-state index >= 15 is 0 Å². The lowest BCUT2D eigenvalue weighted by Gasteiger charge is -2.17. The molecular weight excluding hydrogens is 258 g/mol. The van der Waals surface area contributed by atoms with Gasteiger partial charge in [0, 0.05) is 17.7 Å². The van der Waals surface area contributed by atoms with Crippen LogP contribution in [0.15, 0.2) is 59.6 Å². The molecule has 108 valence electrons. The van der Waals surface area contributed by atoms with Crippen molar-refractivity contribution in [3.05, 3.63) is 65.1 Å². The van der Waals surface area contributed by atoms with Crippen LogP contribution in [0.2, 0.25) is 0 Å². The molecule has 2 aliphatic rings. The summed E-state index contributed by atoms with van der Waals surface area (Å²) in [6, 6.07) is 8.63. The monoisotopic (exact) mass is 280 g/mol. The number of hydrogen-bond donors (Lipinski definition) is 0. The zero-order valence-corrected chi connectivity index (χ0v) is 13.4. The van der Waals surface area contributed by atoms with E-state index in [9.17, 15) is 0 Å². The smallest absolute Gasteiger partial charge is 0.209 e. The zero-order valence-electron chi connectivity index (χ0n) is 13.4. The van der Waals surface area contributed by atoms with Crippen LogP contribution in [0.25, 0.3) is 0 Å². The Bertz CT molecular complexity index is 710. The summed E-state index contributed by atoms with van der Waals surface area (Å²) in [5.41, 5.74) is 5.20. The standard InChI is InChI=1S/C19H22NO/c1-13-10-15(11-14(2)21-13)12-18-19(3,4)16-8-6-7-9-17(16)20(18)5/h6-12H,1-5H3/q+1. The molecule has 2 aliphatic heterocycles. The first-order valence-corrected chi connectivity index (χ1v) is 7.36. The Balaban J connectivity index is 2.12. The normalized spacial score (nSPS) is 19.8. The summed E-state index contributed by atoms with van der Waals surface area (Å²) in [5, 5.41) is 0. The molecule has 1 aromatic carbocycles. The minimum absolute atomic E-state index is 0.0140. The number of nitrogens with zero attached hydrogens (tertiary/aromatic N) is 1. The van der Waals surface area contributed by atoms with Crippen LogP contribution >= 0.6 is 0 Å². The molecule has 0 amide bonds. The molecule has 2 heterocycles. The van der Waals surface area contributed by atoms with Gasteiger partial charge in [-0.1, -0.05) is 18.2 Å². The van der Waals surface area contributed by atoms with Crippen molar-refractivity contribution in [1.29, 1.82) is 0 Å². The van der Waals surface area contributed by atoms with E-state index in [1.807, 2.05) is 13.8 Å². The molecule has 0 saturated heterocycles. The second-order valence-electron chi connectivity index (χ2n) is 6.34. The van der Waals surface area contributed by atoms with E-state index in [1.165, 1.54) is 22.5 Å². The molecule has 1 aromatic rings. The van der Waals surface area contributed by atoms with Crippen molar-refractivity contribution in [3.8, 4) is 0 Å². The van der Waals surface area contributed by atoms with Crippen molar-refractivity contribution in [2.45, 2.75) is 33.1 Å². The largest absolute Gasteiger partial charge is 0.467 e. The van der Waals surface area contributed by atoms with Crippen LogP contribution in [0, 0.1) is 0 Å². The fraction of sp³-hybridized carbons (Fsp3) is 0.316. The maximum atomic E-state index is 5.58. The fourth-order valence-electron chi connectivity index (χ4n) is 3.32. The topological polar surface area (TPSA) is 12.2 Å². The maximum absolute atomic E-state index is 5.58. The molecule has 0 bridgehead atoms. The van der Waals surface area contributed by atoms with Crippen LogP contribution in [0.5, 0.6) is 0 Å². The van der Waals surface area contributed by atoms with Gasteiger partial charge in [-0.2, -0.15) is 4.58 Å². The number of para-hydroxylation sites is 1. The first kappa shape index (κ1) is 13.9. The average Bonchev–Trinajstić information content (AvgIpc) is 2.60. The summed E-state index contributed by atoms with van der Waals surface area (Å²) < 4.78 is 7.88. The number of hydrogen-bond acceptors (Lipinski definition) is 1. The zero-order chi connectivity index (χ0) is 15.2. The molecule has 0 spiro atoms. The van der Waals surface area contributed by atoms with Gasteiger partial charge in [-0.3, -0.25) is 0 Å². The van der Waals surface area contributed by atoms with Crippen molar-refractivity contribution in [3.63, 3.8) is 0 Å². The van der Waals surface area contributed by atoms with Crippen LogP contribution in [-0.2, 0) is 10.2 Å². The van der Waals surface area contributed by atoms with Crippen LogP contribution in [0.4, 0.5) is 5.69 Å². The number of fused-ring (bicyclic) bond motifs is 1. The highest BCUT2D eigenvalue weighted by Crippen LogP contribution is 2.39. The van der Waals surface area contributed by atoms with Gasteiger partial charge in [-0.25, -0.2) is 0 Å². The third-order valence-corrected chi connectivity index (χ3v) is 4.31. The van der Waals surface area contributed by atoms with Crippen molar-refractivity contribution >= 4 is 11.4 Å². The van der Waals surface area contributed by atoms with Crippen molar-refractivity contribution in [2.75, 3.05) is 7.05 Å². The van der Waals surface area contributed by atoms with E-state index in [0.29, 0.717) is 0 Å². The number of benzene rings is 1. The highest BCUT2D eigenvalue weighted by molar-refractivity contribution is 6.03. The van der Waals surface area contributed by atoms with E-state index < -0.39 is 0 Å². The maximum Gasteiger partial charge on any atom is 0.209 e. The van der Waals surface area contributed by atoms with E-state index in [4.69, 9.17) is 4.74 Å². The molecule has 2 nitrogen and oxygen atoms in total. The Labute approximate surface area is 126 Å². The first-order chi connectivity index (χ1) is 9.89. The Morgan fingerprint density at radius 2 is 1.67 bits per heavy atom. The molecule has 0 saturated carbocycles. The van der Waals surface area contributed by atoms with Gasteiger partial charge in [-0.05, 0) is 45.4 Å². The van der Waals surface area contributed by atoms with Crippen molar-refractivity contribution in [2.24, 2.45) is 0 Å². The molecule has 3 rings (SSSR count). The minimum Gasteiger partial charge on any atom is -0.467 e. The third-order valence-electron chi connectivity index (χ3n) is 4.31. The van der Waals surface area contributed by atoms with Crippen LogP contribution in [0.1, 0.15) is 33.3 Å². The summed E-state index contributed by atoms with van der Waals surface area (Å²) in [6.07, 6.45) is 6.45. The molecule has 0 aliphatic carbocycles. The van der Waals surface area contributed by atoms with Crippen molar-refractivity contribution < 1.29 is 9.31 Å². The first-order valence-electron chi connectivity index (χ1n) is 7.36. The predicted molar refractivity (Wildman–Crippen MR) is 87.0 cm³/mol. The highest BCUT2D eigenvalue weighted by atomic mass is 16.5. The lowest BCUT2D eigenvalue weighted by atomic mass is 9.81. The van der Waals surface area contributed by atoms with Gasteiger partial charge in [0.1, 0.15) is 18.6 Å². The molecule has 21 heavy (non-hydrogen) atoms. The molecule has 0 atom stereocenters. The lowest BCUT2D eigenvalue weighted by molar-refractivity contribution is -0.401.